The zero-order valence-corrected chi connectivity index (χ0v) is 21.6. The van der Waals surface area contributed by atoms with E-state index in [2.05, 4.69) is 12.2 Å². The van der Waals surface area contributed by atoms with E-state index < -0.39 is 11.6 Å². The fourth-order valence-electron chi connectivity index (χ4n) is 4.54. The average molecular weight is 497 g/mol. The number of nitrogens with one attached hydrogen (secondary N) is 1. The molecule has 196 valence electrons. The molecule has 1 aliphatic carbocycles. The molecule has 0 unspecified atom stereocenters. The zero-order valence-electron chi connectivity index (χ0n) is 21.6. The lowest BCUT2D eigenvalue weighted by molar-refractivity contribution is -0.153. The Labute approximate surface area is 214 Å². The van der Waals surface area contributed by atoms with Gasteiger partial charge in [0.15, 0.2) is 0 Å². The van der Waals surface area contributed by atoms with Gasteiger partial charge in [-0.05, 0) is 62.4 Å². The van der Waals surface area contributed by atoms with Crippen molar-refractivity contribution in [3.8, 4) is 11.5 Å². The lowest BCUT2D eigenvalue weighted by atomic mass is 9.96. The second-order valence-corrected chi connectivity index (χ2v) is 9.75. The van der Waals surface area contributed by atoms with Gasteiger partial charge in [0.25, 0.3) is 0 Å². The molecule has 2 aromatic carbocycles. The van der Waals surface area contributed by atoms with Crippen LogP contribution in [0.25, 0.3) is 0 Å². The predicted octanol–water partition coefficient (Wildman–Crippen LogP) is 5.67. The number of carboxylic acids is 1. The summed E-state index contributed by atoms with van der Waals surface area (Å²) in [7, 11) is 0. The summed E-state index contributed by atoms with van der Waals surface area (Å²) in [6.45, 7) is 5.55. The van der Waals surface area contributed by atoms with Crippen LogP contribution in [-0.4, -0.2) is 53.3 Å². The molecule has 7 heteroatoms. The molecule has 1 fully saturated rings. The van der Waals surface area contributed by atoms with Gasteiger partial charge in [0.05, 0.1) is 6.61 Å². The van der Waals surface area contributed by atoms with Crippen molar-refractivity contribution < 1.29 is 24.2 Å². The Morgan fingerprint density at radius 1 is 1.00 bits per heavy atom. The minimum absolute atomic E-state index is 0.0345. The number of aliphatic carboxylic acids is 1. The van der Waals surface area contributed by atoms with Gasteiger partial charge in [0.1, 0.15) is 11.5 Å². The van der Waals surface area contributed by atoms with Crippen molar-refractivity contribution in [3.05, 3.63) is 60.2 Å². The molecule has 0 radical (unpaired) electrons. The predicted molar refractivity (Wildman–Crippen MR) is 141 cm³/mol. The first-order valence-electron chi connectivity index (χ1n) is 13.1. The maximum atomic E-state index is 12.7. The van der Waals surface area contributed by atoms with Gasteiger partial charge in [0, 0.05) is 25.6 Å². The number of nitrogens with zero attached hydrogens (tertiary/aromatic N) is 1. The minimum atomic E-state index is -1.38. The van der Waals surface area contributed by atoms with Crippen LogP contribution in [0.5, 0.6) is 11.5 Å². The van der Waals surface area contributed by atoms with E-state index in [0.717, 1.165) is 37.8 Å². The maximum absolute atomic E-state index is 12.7. The molecular formula is C29H40N2O5. The van der Waals surface area contributed by atoms with Gasteiger partial charge in [-0.25, -0.2) is 9.59 Å². The number of hydrogen-bond donors (Lipinski definition) is 2. The zero-order chi connectivity index (χ0) is 25.8. The van der Waals surface area contributed by atoms with E-state index in [1.807, 2.05) is 47.4 Å². The second kappa shape index (κ2) is 13.8. The van der Waals surface area contributed by atoms with E-state index in [1.165, 1.54) is 19.3 Å². The summed E-state index contributed by atoms with van der Waals surface area (Å²) < 4.78 is 11.7. The van der Waals surface area contributed by atoms with E-state index in [4.69, 9.17) is 9.47 Å². The number of para-hydroxylation sites is 1. The molecule has 0 aromatic heterocycles. The van der Waals surface area contributed by atoms with E-state index in [1.54, 1.807) is 19.1 Å². The topological polar surface area (TPSA) is 88.1 Å². The fraction of sp³-hybridized carbons (Fsp3) is 0.517. The molecule has 3 rings (SSSR count). The number of carboxylic acid groups (broad SMARTS) is 1. The summed E-state index contributed by atoms with van der Waals surface area (Å²) in [5.41, 5.74) is -0.540. The van der Waals surface area contributed by atoms with Gasteiger partial charge in [-0.1, -0.05) is 56.5 Å². The Balaban J connectivity index is 1.46. The first-order valence-corrected chi connectivity index (χ1v) is 13.1. The van der Waals surface area contributed by atoms with Gasteiger partial charge in [0.2, 0.25) is 5.60 Å². The Bertz CT molecular complexity index is 944. The quantitative estimate of drug-likeness (QED) is 0.349. The molecule has 2 amide bonds. The molecule has 0 aliphatic heterocycles. The lowest BCUT2D eigenvalue weighted by Gasteiger charge is -2.28. The van der Waals surface area contributed by atoms with Crippen LogP contribution in [0.4, 0.5) is 4.79 Å². The van der Waals surface area contributed by atoms with Crippen LogP contribution >= 0.6 is 0 Å². The van der Waals surface area contributed by atoms with Crippen molar-refractivity contribution in [1.82, 2.24) is 10.2 Å². The number of carbonyl (C=O) groups excluding carboxylic acids is 1. The third kappa shape index (κ3) is 8.47. The molecule has 1 aliphatic rings. The van der Waals surface area contributed by atoms with Gasteiger partial charge in [-0.15, -0.1) is 0 Å². The second-order valence-electron chi connectivity index (χ2n) is 9.75. The van der Waals surface area contributed by atoms with Crippen molar-refractivity contribution in [3.63, 3.8) is 0 Å². The number of ether oxygens (including phenoxy) is 2. The third-order valence-electron chi connectivity index (χ3n) is 6.56. The highest BCUT2D eigenvalue weighted by Crippen LogP contribution is 2.24. The van der Waals surface area contributed by atoms with E-state index in [9.17, 15) is 14.7 Å². The maximum Gasteiger partial charge on any atom is 0.348 e. The standard InChI is InChI=1S/C29H40N2O5/c1-3-19-31(28(34)30-24-11-6-4-7-12-24)20-10-21-35-25-17-15-23(16-18-25)22-29(2,27(32)33)36-26-13-8-5-9-14-26/h5,8-9,13-18,24H,3-4,6-7,10-12,19-22H2,1-2H3,(H,30,34)(H,32,33)/t29-/m0/s1. The van der Waals surface area contributed by atoms with Crippen molar-refractivity contribution in [2.45, 2.75) is 76.9 Å². The number of amides is 2. The van der Waals surface area contributed by atoms with Gasteiger partial charge >= 0.3 is 12.0 Å². The van der Waals surface area contributed by atoms with Crippen molar-refractivity contribution in [2.24, 2.45) is 0 Å². The van der Waals surface area contributed by atoms with Crippen molar-refractivity contribution >= 4 is 12.0 Å². The Morgan fingerprint density at radius 2 is 1.69 bits per heavy atom. The molecule has 36 heavy (non-hydrogen) atoms. The summed E-state index contributed by atoms with van der Waals surface area (Å²) in [5, 5.41) is 13.0. The SMILES string of the molecule is CCCN(CCCOc1ccc(C[C@](C)(Oc2ccccc2)C(=O)O)cc1)C(=O)NC1CCCCC1. The van der Waals surface area contributed by atoms with Crippen LogP contribution in [0.3, 0.4) is 0 Å². The highest BCUT2D eigenvalue weighted by atomic mass is 16.5. The Morgan fingerprint density at radius 3 is 2.33 bits per heavy atom. The van der Waals surface area contributed by atoms with E-state index in [0.29, 0.717) is 30.7 Å². The molecule has 2 N–H and O–H groups in total. The smallest absolute Gasteiger partial charge is 0.348 e. The summed E-state index contributed by atoms with van der Waals surface area (Å²) in [4.78, 5) is 26.5. The van der Waals surface area contributed by atoms with E-state index in [-0.39, 0.29) is 12.5 Å². The third-order valence-corrected chi connectivity index (χ3v) is 6.56. The molecule has 0 bridgehead atoms. The summed E-state index contributed by atoms with van der Waals surface area (Å²) in [6, 6.07) is 16.8. The molecule has 7 nitrogen and oxygen atoms in total. The Kier molecular flexibility index (Phi) is 10.5. The molecule has 1 saturated carbocycles. The van der Waals surface area contributed by atoms with Gasteiger partial charge < -0.3 is 24.8 Å². The first kappa shape index (κ1) is 27.4. The largest absolute Gasteiger partial charge is 0.494 e. The number of urea groups is 1. The molecule has 0 heterocycles. The van der Waals surface area contributed by atoms with Crippen molar-refractivity contribution in [2.75, 3.05) is 19.7 Å². The highest BCUT2D eigenvalue weighted by Gasteiger charge is 2.36. The number of hydrogen-bond acceptors (Lipinski definition) is 4. The normalized spacial score (nSPS) is 15.5. The van der Waals surface area contributed by atoms with Crippen LogP contribution in [0.2, 0.25) is 0 Å². The van der Waals surface area contributed by atoms with Crippen LogP contribution in [-0.2, 0) is 11.2 Å². The summed E-state index contributed by atoms with van der Waals surface area (Å²) in [5.74, 6) is 0.219. The minimum Gasteiger partial charge on any atom is -0.494 e. The first-order chi connectivity index (χ1) is 17.4. The number of carbonyl (C=O) groups is 2. The van der Waals surface area contributed by atoms with Crippen LogP contribution in [0.1, 0.15) is 64.4 Å². The van der Waals surface area contributed by atoms with Gasteiger partial charge in [-0.2, -0.15) is 0 Å². The number of rotatable bonds is 13. The monoisotopic (exact) mass is 496 g/mol. The van der Waals surface area contributed by atoms with Crippen LogP contribution in [0, 0.1) is 0 Å². The number of benzene rings is 2. The van der Waals surface area contributed by atoms with E-state index >= 15 is 0 Å². The summed E-state index contributed by atoms with van der Waals surface area (Å²) >= 11 is 0. The highest BCUT2D eigenvalue weighted by molar-refractivity contribution is 5.78. The molecular weight excluding hydrogens is 456 g/mol. The van der Waals surface area contributed by atoms with Crippen LogP contribution < -0.4 is 14.8 Å². The fourth-order valence-corrected chi connectivity index (χ4v) is 4.54. The Hall–Kier alpha value is -3.22. The van der Waals surface area contributed by atoms with Crippen LogP contribution in [0.15, 0.2) is 54.6 Å². The molecule has 1 atom stereocenters. The molecule has 0 spiro atoms. The summed E-state index contributed by atoms with van der Waals surface area (Å²) in [6.07, 6.45) is 7.69. The van der Waals surface area contributed by atoms with Gasteiger partial charge in [-0.3, -0.25) is 0 Å². The molecule has 0 saturated heterocycles. The average Bonchev–Trinajstić information content (AvgIpc) is 2.88. The molecule has 2 aromatic rings. The lowest BCUT2D eigenvalue weighted by Crippen LogP contribution is -2.46. The van der Waals surface area contributed by atoms with Crippen molar-refractivity contribution in [1.29, 1.82) is 0 Å².